The predicted octanol–water partition coefficient (Wildman–Crippen LogP) is 0.274. The summed E-state index contributed by atoms with van der Waals surface area (Å²) < 4.78 is 35.1. The third-order valence-electron chi connectivity index (χ3n) is 2.53. The summed E-state index contributed by atoms with van der Waals surface area (Å²) in [7, 11) is -0.851. The number of benzene rings is 1. The first kappa shape index (κ1) is 11.9. The Kier molecular flexibility index (Phi) is 2.80. The largest absolute Gasteiger partial charge is 0.496 e. The van der Waals surface area contributed by atoms with Crippen molar-refractivity contribution in [1.29, 1.82) is 0 Å². The van der Waals surface area contributed by atoms with E-state index in [0.717, 1.165) is 0 Å². The molecule has 0 aliphatic carbocycles. The molecule has 0 atom stereocenters. The van der Waals surface area contributed by atoms with Crippen LogP contribution in [0.1, 0.15) is 15.9 Å². The van der Waals surface area contributed by atoms with Gasteiger partial charge in [0.1, 0.15) is 11.3 Å². The smallest absolute Gasteiger partial charge is 0.341 e. The molecule has 2 rings (SSSR count). The number of sulfonamides is 1. The van der Waals surface area contributed by atoms with E-state index in [1.54, 1.807) is 0 Å². The van der Waals surface area contributed by atoms with Crippen molar-refractivity contribution in [2.45, 2.75) is 11.4 Å². The van der Waals surface area contributed by atoms with Crippen LogP contribution < -0.4 is 9.46 Å². The zero-order valence-corrected chi connectivity index (χ0v) is 10.1. The molecule has 0 saturated carbocycles. The molecule has 1 aliphatic heterocycles. The summed E-state index contributed by atoms with van der Waals surface area (Å²) in [5, 5.41) is 0. The minimum Gasteiger partial charge on any atom is -0.496 e. The van der Waals surface area contributed by atoms with E-state index in [1.807, 2.05) is 0 Å². The van der Waals surface area contributed by atoms with E-state index in [0.29, 0.717) is 5.56 Å². The number of carbonyl (C=O) groups excluding carboxylic acids is 1. The Labute approximate surface area is 98.6 Å². The molecule has 0 bridgehead atoms. The van der Waals surface area contributed by atoms with E-state index in [4.69, 9.17) is 4.74 Å². The van der Waals surface area contributed by atoms with Crippen LogP contribution in [0.3, 0.4) is 0 Å². The second-order valence-electron chi connectivity index (χ2n) is 3.48. The lowest BCUT2D eigenvalue weighted by Crippen LogP contribution is -2.13. The molecule has 6 nitrogen and oxygen atoms in total. The lowest BCUT2D eigenvalue weighted by Gasteiger charge is -2.08. The molecular formula is C10H11NO5S. The van der Waals surface area contributed by atoms with Crippen LogP contribution in [0.4, 0.5) is 0 Å². The number of nitrogens with one attached hydrogen (secondary N) is 1. The molecule has 0 fully saturated rings. The number of hydrogen-bond acceptors (Lipinski definition) is 5. The molecule has 92 valence electrons. The fourth-order valence-corrected chi connectivity index (χ4v) is 2.92. The zero-order chi connectivity index (χ0) is 12.6. The van der Waals surface area contributed by atoms with Crippen molar-refractivity contribution in [3.05, 3.63) is 23.3 Å². The molecule has 1 aliphatic rings. The van der Waals surface area contributed by atoms with Gasteiger partial charge in [0.15, 0.2) is 0 Å². The van der Waals surface area contributed by atoms with Crippen molar-refractivity contribution in [3.63, 3.8) is 0 Å². The lowest BCUT2D eigenvalue weighted by molar-refractivity contribution is 0.0597. The van der Waals surface area contributed by atoms with E-state index in [2.05, 4.69) is 9.46 Å². The van der Waals surface area contributed by atoms with Crippen LogP contribution in [0.2, 0.25) is 0 Å². The molecular weight excluding hydrogens is 246 g/mol. The maximum Gasteiger partial charge on any atom is 0.341 e. The number of carbonyl (C=O) groups is 1. The molecule has 1 aromatic rings. The van der Waals surface area contributed by atoms with Crippen LogP contribution in [-0.2, 0) is 21.3 Å². The first-order valence-electron chi connectivity index (χ1n) is 4.78. The minimum atomic E-state index is -3.47. The zero-order valence-electron chi connectivity index (χ0n) is 9.31. The molecule has 0 unspecified atom stereocenters. The molecule has 0 saturated heterocycles. The van der Waals surface area contributed by atoms with Gasteiger partial charge in [0.25, 0.3) is 0 Å². The maximum absolute atomic E-state index is 11.6. The van der Waals surface area contributed by atoms with Crippen molar-refractivity contribution in [1.82, 2.24) is 4.72 Å². The Hall–Kier alpha value is -1.60. The summed E-state index contributed by atoms with van der Waals surface area (Å²) in [6, 6.07) is 2.80. The normalized spacial score (nSPS) is 16.4. The minimum absolute atomic E-state index is 0.141. The van der Waals surface area contributed by atoms with Gasteiger partial charge in [0.05, 0.1) is 19.1 Å². The van der Waals surface area contributed by atoms with Crippen molar-refractivity contribution < 1.29 is 22.7 Å². The van der Waals surface area contributed by atoms with Gasteiger partial charge in [0.2, 0.25) is 10.0 Å². The molecule has 0 amide bonds. The lowest BCUT2D eigenvalue weighted by atomic mass is 10.1. The van der Waals surface area contributed by atoms with Crippen LogP contribution in [0.25, 0.3) is 0 Å². The Morgan fingerprint density at radius 1 is 1.35 bits per heavy atom. The average Bonchev–Trinajstić information content (AvgIpc) is 2.62. The van der Waals surface area contributed by atoms with Gasteiger partial charge >= 0.3 is 5.97 Å². The highest BCUT2D eigenvalue weighted by molar-refractivity contribution is 7.89. The molecule has 7 heteroatoms. The van der Waals surface area contributed by atoms with E-state index in [9.17, 15) is 13.2 Å². The Bertz CT molecular complexity index is 579. The SMILES string of the molecule is COC(=O)c1cc2c(cc1OC)S(=O)(=O)NC2. The van der Waals surface area contributed by atoms with E-state index in [1.165, 1.54) is 26.4 Å². The van der Waals surface area contributed by atoms with Gasteiger partial charge in [-0.05, 0) is 11.6 Å². The Morgan fingerprint density at radius 2 is 2.06 bits per heavy atom. The number of ether oxygens (including phenoxy) is 2. The molecule has 0 radical (unpaired) electrons. The quantitative estimate of drug-likeness (QED) is 0.769. The van der Waals surface area contributed by atoms with Gasteiger partial charge in [-0.2, -0.15) is 0 Å². The van der Waals surface area contributed by atoms with Crippen LogP contribution in [-0.4, -0.2) is 28.6 Å². The summed E-state index contributed by atoms with van der Waals surface area (Å²) >= 11 is 0. The number of methoxy groups -OCH3 is 2. The fourth-order valence-electron chi connectivity index (χ4n) is 1.68. The van der Waals surface area contributed by atoms with E-state index >= 15 is 0 Å². The van der Waals surface area contributed by atoms with Crippen LogP contribution in [0.15, 0.2) is 17.0 Å². The van der Waals surface area contributed by atoms with Crippen LogP contribution in [0, 0.1) is 0 Å². The van der Waals surface area contributed by atoms with Crippen LogP contribution in [0.5, 0.6) is 5.75 Å². The molecule has 1 heterocycles. The third-order valence-corrected chi connectivity index (χ3v) is 4.01. The summed E-state index contributed by atoms with van der Waals surface area (Å²) in [6.07, 6.45) is 0. The van der Waals surface area contributed by atoms with Gasteiger partial charge in [0, 0.05) is 12.6 Å². The van der Waals surface area contributed by atoms with Crippen molar-refractivity contribution in [3.8, 4) is 5.75 Å². The second-order valence-corrected chi connectivity index (χ2v) is 5.21. The first-order chi connectivity index (χ1) is 7.99. The van der Waals surface area contributed by atoms with Gasteiger partial charge < -0.3 is 9.47 Å². The third kappa shape index (κ3) is 1.87. The van der Waals surface area contributed by atoms with Gasteiger partial charge in [-0.1, -0.05) is 0 Å². The van der Waals surface area contributed by atoms with Gasteiger partial charge in [-0.25, -0.2) is 17.9 Å². The summed E-state index contributed by atoms with van der Waals surface area (Å²) in [4.78, 5) is 11.6. The highest BCUT2D eigenvalue weighted by atomic mass is 32.2. The van der Waals surface area contributed by atoms with Crippen molar-refractivity contribution >= 4 is 16.0 Å². The number of fused-ring (bicyclic) bond motifs is 1. The van der Waals surface area contributed by atoms with Gasteiger partial charge in [-0.3, -0.25) is 0 Å². The molecule has 0 spiro atoms. The predicted molar refractivity (Wildman–Crippen MR) is 58.4 cm³/mol. The summed E-state index contributed by atoms with van der Waals surface area (Å²) in [5.41, 5.74) is 0.749. The van der Waals surface area contributed by atoms with Crippen LogP contribution >= 0.6 is 0 Å². The summed E-state index contributed by atoms with van der Waals surface area (Å²) in [5.74, 6) is -0.378. The van der Waals surface area contributed by atoms with E-state index < -0.39 is 16.0 Å². The highest BCUT2D eigenvalue weighted by Gasteiger charge is 2.29. The number of hydrogen-bond donors (Lipinski definition) is 1. The van der Waals surface area contributed by atoms with Gasteiger partial charge in [-0.15, -0.1) is 0 Å². The number of esters is 1. The highest BCUT2D eigenvalue weighted by Crippen LogP contribution is 2.30. The molecule has 17 heavy (non-hydrogen) atoms. The Morgan fingerprint density at radius 3 is 2.65 bits per heavy atom. The maximum atomic E-state index is 11.6. The molecule has 0 aromatic heterocycles. The summed E-state index contributed by atoms with van der Waals surface area (Å²) in [6.45, 7) is 0.172. The molecule has 1 N–H and O–H groups in total. The topological polar surface area (TPSA) is 81.7 Å². The molecule has 1 aromatic carbocycles. The fraction of sp³-hybridized carbons (Fsp3) is 0.300. The second kappa shape index (κ2) is 4.01. The number of rotatable bonds is 2. The first-order valence-corrected chi connectivity index (χ1v) is 6.27. The monoisotopic (exact) mass is 257 g/mol. The van der Waals surface area contributed by atoms with Crippen molar-refractivity contribution in [2.75, 3.05) is 14.2 Å². The van der Waals surface area contributed by atoms with E-state index in [-0.39, 0.29) is 22.8 Å². The average molecular weight is 257 g/mol. The Balaban J connectivity index is 2.64. The standard InChI is InChI=1S/C10H11NO5S/c1-15-8-4-9-6(5-11-17(9,13)14)3-7(8)10(12)16-2/h3-4,11H,5H2,1-2H3. The van der Waals surface area contributed by atoms with Crippen molar-refractivity contribution in [2.24, 2.45) is 0 Å².